The number of hydrogen-bond donors (Lipinski definition) is 1. The normalized spacial score (nSPS) is 19.5. The van der Waals surface area contributed by atoms with E-state index in [1.807, 2.05) is 0 Å². The molecule has 106 valence electrons. The maximum absolute atomic E-state index is 6.08. The molecule has 1 aliphatic rings. The molecular weight excluding hydrogens is 222 g/mol. The fraction of sp³-hybridized carbons (Fsp3) is 0.933. The molecule has 0 radical (unpaired) electrons. The number of nitrogens with two attached hydrogens (primary N) is 1. The van der Waals surface area contributed by atoms with Crippen LogP contribution in [0.5, 0.6) is 0 Å². The average Bonchev–Trinajstić information content (AvgIpc) is 2.76. The monoisotopic (exact) mass is 253 g/mol. The van der Waals surface area contributed by atoms with Crippen LogP contribution in [-0.4, -0.2) is 30.5 Å². The Morgan fingerprint density at radius 2 is 1.78 bits per heavy atom. The Hall–Kier alpha value is -0.730. The molecule has 0 bridgehead atoms. The summed E-state index contributed by atoms with van der Waals surface area (Å²) >= 11 is 0. The van der Waals surface area contributed by atoms with E-state index in [0.717, 1.165) is 31.5 Å². The van der Waals surface area contributed by atoms with E-state index in [4.69, 9.17) is 10.7 Å². The molecule has 0 heterocycles. The molecule has 3 nitrogen and oxygen atoms in total. The lowest BCUT2D eigenvalue weighted by Gasteiger charge is -2.30. The van der Waals surface area contributed by atoms with Gasteiger partial charge in [0.05, 0.1) is 0 Å². The number of rotatable bonds is 6. The first-order chi connectivity index (χ1) is 8.53. The van der Waals surface area contributed by atoms with Gasteiger partial charge in [-0.15, -0.1) is 0 Å². The van der Waals surface area contributed by atoms with Gasteiger partial charge in [-0.05, 0) is 44.4 Å². The summed E-state index contributed by atoms with van der Waals surface area (Å²) in [5.74, 6) is 1.49. The summed E-state index contributed by atoms with van der Waals surface area (Å²) in [6.45, 7) is 11.7. The van der Waals surface area contributed by atoms with E-state index >= 15 is 0 Å². The van der Waals surface area contributed by atoms with Crippen LogP contribution in [-0.2, 0) is 0 Å². The zero-order chi connectivity index (χ0) is 13.6. The van der Waals surface area contributed by atoms with Crippen LogP contribution in [0.1, 0.15) is 59.8 Å². The van der Waals surface area contributed by atoms with Gasteiger partial charge in [-0.2, -0.15) is 0 Å². The molecule has 0 amide bonds. The van der Waals surface area contributed by atoms with E-state index in [0.29, 0.717) is 5.41 Å². The first-order valence-electron chi connectivity index (χ1n) is 7.58. The van der Waals surface area contributed by atoms with Crippen molar-refractivity contribution in [2.75, 3.05) is 19.6 Å². The van der Waals surface area contributed by atoms with Crippen LogP contribution in [0.15, 0.2) is 4.99 Å². The van der Waals surface area contributed by atoms with E-state index in [1.165, 1.54) is 32.1 Å². The second-order valence-electron chi connectivity index (χ2n) is 6.15. The van der Waals surface area contributed by atoms with Crippen LogP contribution in [0.3, 0.4) is 0 Å². The summed E-state index contributed by atoms with van der Waals surface area (Å²) in [6.07, 6.45) is 6.70. The molecule has 0 aromatic carbocycles. The molecule has 1 aliphatic carbocycles. The van der Waals surface area contributed by atoms with Gasteiger partial charge in [0.15, 0.2) is 5.96 Å². The van der Waals surface area contributed by atoms with Gasteiger partial charge in [-0.3, -0.25) is 4.99 Å². The SMILES string of the molecule is CCN(CC)C(N)=NCC1(CC(C)C)CCCC1. The molecule has 0 unspecified atom stereocenters. The highest BCUT2D eigenvalue weighted by Gasteiger charge is 2.34. The number of aliphatic imine (C=N–C) groups is 1. The maximum atomic E-state index is 6.08. The summed E-state index contributed by atoms with van der Waals surface area (Å²) < 4.78 is 0. The molecule has 1 fully saturated rings. The fourth-order valence-corrected chi connectivity index (χ4v) is 3.31. The lowest BCUT2D eigenvalue weighted by molar-refractivity contribution is 0.244. The van der Waals surface area contributed by atoms with E-state index < -0.39 is 0 Å². The maximum Gasteiger partial charge on any atom is 0.191 e. The van der Waals surface area contributed by atoms with Crippen molar-refractivity contribution < 1.29 is 0 Å². The van der Waals surface area contributed by atoms with Gasteiger partial charge in [0.1, 0.15) is 0 Å². The van der Waals surface area contributed by atoms with Crippen LogP contribution < -0.4 is 5.73 Å². The zero-order valence-corrected chi connectivity index (χ0v) is 12.7. The average molecular weight is 253 g/mol. The number of hydrogen-bond acceptors (Lipinski definition) is 1. The van der Waals surface area contributed by atoms with Crippen LogP contribution >= 0.6 is 0 Å². The number of guanidine groups is 1. The third-order valence-corrected chi connectivity index (χ3v) is 4.17. The summed E-state index contributed by atoms with van der Waals surface area (Å²) in [5, 5.41) is 0. The molecule has 0 saturated heterocycles. The smallest absolute Gasteiger partial charge is 0.191 e. The van der Waals surface area contributed by atoms with Crippen molar-refractivity contribution in [3.63, 3.8) is 0 Å². The third kappa shape index (κ3) is 4.18. The molecule has 0 aliphatic heterocycles. The predicted molar refractivity (Wildman–Crippen MR) is 79.8 cm³/mol. The van der Waals surface area contributed by atoms with Gasteiger partial charge in [0, 0.05) is 19.6 Å². The molecule has 0 aromatic heterocycles. The van der Waals surface area contributed by atoms with Crippen molar-refractivity contribution in [2.24, 2.45) is 22.1 Å². The van der Waals surface area contributed by atoms with Gasteiger partial charge in [0.2, 0.25) is 0 Å². The Morgan fingerprint density at radius 1 is 1.22 bits per heavy atom. The van der Waals surface area contributed by atoms with Gasteiger partial charge in [-0.25, -0.2) is 0 Å². The minimum atomic E-state index is 0.436. The van der Waals surface area contributed by atoms with Crippen molar-refractivity contribution in [1.29, 1.82) is 0 Å². The highest BCUT2D eigenvalue weighted by molar-refractivity contribution is 5.78. The highest BCUT2D eigenvalue weighted by atomic mass is 15.2. The van der Waals surface area contributed by atoms with E-state index in [1.54, 1.807) is 0 Å². The molecule has 0 spiro atoms. The van der Waals surface area contributed by atoms with Crippen molar-refractivity contribution in [3.05, 3.63) is 0 Å². The minimum Gasteiger partial charge on any atom is -0.370 e. The van der Waals surface area contributed by atoms with Crippen molar-refractivity contribution in [1.82, 2.24) is 4.90 Å². The Bertz CT molecular complexity index is 261. The molecule has 0 aromatic rings. The Morgan fingerprint density at radius 3 is 2.22 bits per heavy atom. The summed E-state index contributed by atoms with van der Waals surface area (Å²) in [4.78, 5) is 6.83. The van der Waals surface area contributed by atoms with Gasteiger partial charge in [-0.1, -0.05) is 26.7 Å². The van der Waals surface area contributed by atoms with Crippen LogP contribution in [0.25, 0.3) is 0 Å². The standard InChI is InChI=1S/C15H31N3/c1-5-18(6-2)14(16)17-12-15(11-13(3)4)9-7-8-10-15/h13H,5-12H2,1-4H3,(H2,16,17). The predicted octanol–water partition coefficient (Wildman–Crippen LogP) is 3.25. The molecular formula is C15H31N3. The van der Waals surface area contributed by atoms with Crippen molar-refractivity contribution in [2.45, 2.75) is 59.8 Å². The molecule has 3 heteroatoms. The van der Waals surface area contributed by atoms with Gasteiger partial charge in [0.25, 0.3) is 0 Å². The Labute approximate surface area is 113 Å². The van der Waals surface area contributed by atoms with Crippen LogP contribution in [0, 0.1) is 11.3 Å². The van der Waals surface area contributed by atoms with Crippen LogP contribution in [0.2, 0.25) is 0 Å². The first kappa shape index (κ1) is 15.3. The number of nitrogens with zero attached hydrogens (tertiary/aromatic N) is 2. The largest absolute Gasteiger partial charge is 0.370 e. The van der Waals surface area contributed by atoms with Crippen molar-refractivity contribution in [3.8, 4) is 0 Å². The summed E-state index contributed by atoms with van der Waals surface area (Å²) in [7, 11) is 0. The Kier molecular flexibility index (Phi) is 5.97. The van der Waals surface area contributed by atoms with E-state index in [9.17, 15) is 0 Å². The van der Waals surface area contributed by atoms with Gasteiger partial charge < -0.3 is 10.6 Å². The molecule has 2 N–H and O–H groups in total. The molecule has 1 saturated carbocycles. The first-order valence-corrected chi connectivity index (χ1v) is 7.58. The third-order valence-electron chi connectivity index (χ3n) is 4.17. The quantitative estimate of drug-likeness (QED) is 0.583. The lowest BCUT2D eigenvalue weighted by atomic mass is 9.78. The van der Waals surface area contributed by atoms with Gasteiger partial charge >= 0.3 is 0 Å². The highest BCUT2D eigenvalue weighted by Crippen LogP contribution is 2.43. The second-order valence-corrected chi connectivity index (χ2v) is 6.15. The summed E-state index contributed by atoms with van der Waals surface area (Å²) in [6, 6.07) is 0. The van der Waals surface area contributed by atoms with Crippen LogP contribution in [0.4, 0.5) is 0 Å². The zero-order valence-electron chi connectivity index (χ0n) is 12.7. The second kappa shape index (κ2) is 7.01. The fourth-order valence-electron chi connectivity index (χ4n) is 3.31. The minimum absolute atomic E-state index is 0.436. The lowest BCUT2D eigenvalue weighted by Crippen LogP contribution is -2.38. The Balaban J connectivity index is 2.64. The topological polar surface area (TPSA) is 41.6 Å². The van der Waals surface area contributed by atoms with Crippen molar-refractivity contribution >= 4 is 5.96 Å². The van der Waals surface area contributed by atoms with E-state index in [2.05, 4.69) is 32.6 Å². The molecule has 1 rings (SSSR count). The molecule has 0 atom stereocenters. The molecule has 18 heavy (non-hydrogen) atoms. The summed E-state index contributed by atoms with van der Waals surface area (Å²) in [5.41, 5.74) is 6.52. The van der Waals surface area contributed by atoms with E-state index in [-0.39, 0.29) is 0 Å².